The Hall–Kier alpha value is -2.55. The van der Waals surface area contributed by atoms with Crippen molar-refractivity contribution in [2.24, 2.45) is 5.14 Å². The summed E-state index contributed by atoms with van der Waals surface area (Å²) in [5, 5.41) is 24.2. The van der Waals surface area contributed by atoms with Gasteiger partial charge in [-0.1, -0.05) is 11.3 Å². The third-order valence-corrected chi connectivity index (χ3v) is 6.60. The van der Waals surface area contributed by atoms with Gasteiger partial charge in [0.15, 0.2) is 0 Å². The van der Waals surface area contributed by atoms with Crippen LogP contribution in [0.3, 0.4) is 0 Å². The van der Waals surface area contributed by atoms with E-state index in [1.165, 1.54) is 26.5 Å². The number of nitriles is 1. The third kappa shape index (κ3) is 2.52. The molecule has 140 valence electrons. The first-order chi connectivity index (χ1) is 12.7. The van der Waals surface area contributed by atoms with E-state index in [0.717, 1.165) is 0 Å². The van der Waals surface area contributed by atoms with Gasteiger partial charge in [-0.15, -0.1) is 10.2 Å². The Labute approximate surface area is 158 Å². The van der Waals surface area contributed by atoms with Gasteiger partial charge >= 0.3 is 5.69 Å². The molecule has 11 heteroatoms. The van der Waals surface area contributed by atoms with Crippen LogP contribution in [0.25, 0.3) is 16.2 Å². The number of rotatable bonds is 4. The second-order valence-electron chi connectivity index (χ2n) is 6.51. The molecule has 2 N–H and O–H groups in total. The largest absolute Gasteiger partial charge is 0.335 e. The van der Waals surface area contributed by atoms with Crippen LogP contribution in [-0.2, 0) is 22.0 Å². The predicted octanol–water partition coefficient (Wildman–Crippen LogP) is 1.17. The van der Waals surface area contributed by atoms with Crippen LogP contribution < -0.4 is 10.8 Å². The topological polar surface area (TPSA) is 137 Å². The zero-order chi connectivity index (χ0) is 19.6. The number of hydrogen-bond acceptors (Lipinski definition) is 7. The van der Waals surface area contributed by atoms with Gasteiger partial charge in [0.25, 0.3) is 0 Å². The summed E-state index contributed by atoms with van der Waals surface area (Å²) in [5.74, 6) is 0. The molecular formula is C16H16N6O3S2. The first-order valence-corrected chi connectivity index (χ1v) is 10.6. The van der Waals surface area contributed by atoms with Crippen LogP contribution in [0.5, 0.6) is 0 Å². The molecule has 1 aliphatic carbocycles. The lowest BCUT2D eigenvalue weighted by Gasteiger charge is -2.15. The molecule has 1 fully saturated rings. The van der Waals surface area contributed by atoms with Crippen LogP contribution in [0.4, 0.5) is 0 Å². The Balaban J connectivity index is 2.26. The minimum Gasteiger partial charge on any atom is -0.292 e. The van der Waals surface area contributed by atoms with E-state index in [2.05, 4.69) is 16.3 Å². The number of fused-ring (bicyclic) bond motifs is 1. The van der Waals surface area contributed by atoms with E-state index in [9.17, 15) is 18.5 Å². The summed E-state index contributed by atoms with van der Waals surface area (Å²) < 4.78 is 27.4. The standard InChI is InChI=1S/C16H16N6O3S2/c1-3-21-10-4-5-11(27(18,24)25)12(16(8-17)6-7-16)13(10)22(15(21)23)14-20-19-9(2)26-14/h4-5H,3,6-7H2,1-2H3,(H2,18,24,25). The van der Waals surface area contributed by atoms with Crippen molar-refractivity contribution >= 4 is 32.4 Å². The van der Waals surface area contributed by atoms with Crippen LogP contribution in [0.2, 0.25) is 0 Å². The first kappa shape index (κ1) is 17.8. The molecule has 0 saturated heterocycles. The normalized spacial score (nSPS) is 15.8. The number of nitrogens with two attached hydrogens (primary N) is 1. The van der Waals surface area contributed by atoms with E-state index in [1.807, 2.05) is 6.92 Å². The smallest absolute Gasteiger partial charge is 0.292 e. The third-order valence-electron chi connectivity index (χ3n) is 4.83. The van der Waals surface area contributed by atoms with Gasteiger partial charge in [-0.2, -0.15) is 5.26 Å². The summed E-state index contributed by atoms with van der Waals surface area (Å²) in [6, 6.07) is 5.16. The molecule has 0 spiro atoms. The van der Waals surface area contributed by atoms with Gasteiger partial charge in [0.2, 0.25) is 15.2 Å². The number of sulfonamides is 1. The fourth-order valence-corrected chi connectivity index (χ4v) is 4.95. The molecule has 1 saturated carbocycles. The molecule has 1 aliphatic rings. The van der Waals surface area contributed by atoms with E-state index in [0.29, 0.717) is 40.6 Å². The Kier molecular flexibility index (Phi) is 3.78. The van der Waals surface area contributed by atoms with Gasteiger partial charge in [0, 0.05) is 12.1 Å². The lowest BCUT2D eigenvalue weighted by Crippen LogP contribution is -2.23. The average Bonchev–Trinajstić information content (AvgIpc) is 3.21. The highest BCUT2D eigenvalue weighted by molar-refractivity contribution is 7.89. The highest BCUT2D eigenvalue weighted by atomic mass is 32.2. The van der Waals surface area contributed by atoms with E-state index in [1.54, 1.807) is 13.0 Å². The number of aryl methyl sites for hydroxylation is 2. The highest BCUT2D eigenvalue weighted by Gasteiger charge is 2.50. The number of aromatic nitrogens is 4. The maximum absolute atomic E-state index is 13.1. The number of primary sulfonamides is 1. The Morgan fingerprint density at radius 2 is 2.07 bits per heavy atom. The number of benzene rings is 1. The fraction of sp³-hybridized carbons (Fsp3) is 0.375. The predicted molar refractivity (Wildman–Crippen MR) is 99.3 cm³/mol. The summed E-state index contributed by atoms with van der Waals surface area (Å²) in [6.45, 7) is 3.97. The molecule has 0 amide bonds. The summed E-state index contributed by atoms with van der Waals surface area (Å²) in [4.78, 5) is 13.0. The van der Waals surface area contributed by atoms with Crippen molar-refractivity contribution in [1.82, 2.24) is 19.3 Å². The zero-order valence-corrected chi connectivity index (χ0v) is 16.3. The average molecular weight is 404 g/mol. The number of hydrogen-bond donors (Lipinski definition) is 1. The van der Waals surface area contributed by atoms with E-state index in [4.69, 9.17) is 5.14 Å². The molecule has 0 radical (unpaired) electrons. The molecule has 3 aromatic rings. The summed E-state index contributed by atoms with van der Waals surface area (Å²) in [5.41, 5.74) is -0.148. The molecule has 0 aliphatic heterocycles. The quantitative estimate of drug-likeness (QED) is 0.693. The summed E-state index contributed by atoms with van der Waals surface area (Å²) in [7, 11) is -4.09. The molecule has 9 nitrogen and oxygen atoms in total. The van der Waals surface area contributed by atoms with Crippen molar-refractivity contribution in [3.63, 3.8) is 0 Å². The molecule has 1 aromatic carbocycles. The van der Waals surface area contributed by atoms with Crippen molar-refractivity contribution in [2.75, 3.05) is 0 Å². The molecule has 0 bridgehead atoms. The van der Waals surface area contributed by atoms with Gasteiger partial charge in [-0.05, 0) is 38.8 Å². The molecule has 2 aromatic heterocycles. The fourth-order valence-electron chi connectivity index (χ4n) is 3.43. The highest BCUT2D eigenvalue weighted by Crippen LogP contribution is 2.52. The van der Waals surface area contributed by atoms with Crippen LogP contribution in [-0.4, -0.2) is 27.7 Å². The van der Waals surface area contributed by atoms with Crippen molar-refractivity contribution < 1.29 is 8.42 Å². The molecule has 0 atom stereocenters. The van der Waals surface area contributed by atoms with E-state index >= 15 is 0 Å². The van der Waals surface area contributed by atoms with Crippen LogP contribution >= 0.6 is 11.3 Å². The monoisotopic (exact) mass is 404 g/mol. The maximum atomic E-state index is 13.1. The minimum absolute atomic E-state index is 0.128. The lowest BCUT2D eigenvalue weighted by atomic mass is 9.96. The van der Waals surface area contributed by atoms with Crippen LogP contribution in [0.1, 0.15) is 30.3 Å². The summed E-state index contributed by atoms with van der Waals surface area (Å²) in [6.07, 6.45) is 1.01. The van der Waals surface area contributed by atoms with Gasteiger partial charge in [0.05, 0.1) is 27.4 Å². The summed E-state index contributed by atoms with van der Waals surface area (Å²) >= 11 is 1.22. The van der Waals surface area contributed by atoms with Crippen molar-refractivity contribution in [3.05, 3.63) is 33.2 Å². The SMILES string of the molecule is CCn1c(=O)n(-c2nnc(C)s2)c2c(C3(C#N)CC3)c(S(N)(=O)=O)ccc21. The molecular weight excluding hydrogens is 388 g/mol. The number of nitrogens with zero attached hydrogens (tertiary/aromatic N) is 5. The van der Waals surface area contributed by atoms with Crippen molar-refractivity contribution in [2.45, 2.75) is 43.5 Å². The maximum Gasteiger partial charge on any atom is 0.335 e. The zero-order valence-electron chi connectivity index (χ0n) is 14.6. The number of imidazole rings is 1. The van der Waals surface area contributed by atoms with Gasteiger partial charge < -0.3 is 0 Å². The van der Waals surface area contributed by atoms with Gasteiger partial charge in [0.1, 0.15) is 5.01 Å². The molecule has 4 rings (SSSR count). The van der Waals surface area contributed by atoms with Gasteiger partial charge in [-0.3, -0.25) is 4.57 Å². The van der Waals surface area contributed by atoms with Gasteiger partial charge in [-0.25, -0.2) is 22.9 Å². The van der Waals surface area contributed by atoms with Crippen molar-refractivity contribution in [3.8, 4) is 11.2 Å². The lowest BCUT2D eigenvalue weighted by molar-refractivity contribution is 0.596. The van der Waals surface area contributed by atoms with Crippen LogP contribution in [0, 0.1) is 18.3 Å². The first-order valence-electron chi connectivity index (χ1n) is 8.27. The Morgan fingerprint density at radius 3 is 2.56 bits per heavy atom. The van der Waals surface area contributed by atoms with Crippen LogP contribution in [0.15, 0.2) is 21.8 Å². The van der Waals surface area contributed by atoms with E-state index < -0.39 is 15.4 Å². The minimum atomic E-state index is -4.09. The Bertz CT molecular complexity index is 1290. The molecule has 0 unspecified atom stereocenters. The van der Waals surface area contributed by atoms with E-state index in [-0.39, 0.29) is 16.1 Å². The van der Waals surface area contributed by atoms with Crippen molar-refractivity contribution in [1.29, 1.82) is 5.26 Å². The second-order valence-corrected chi connectivity index (χ2v) is 9.20. The molecule has 2 heterocycles. The molecule has 27 heavy (non-hydrogen) atoms. The Morgan fingerprint density at radius 1 is 1.37 bits per heavy atom. The second kappa shape index (κ2) is 5.72.